The number of rotatable bonds is 38. The van der Waals surface area contributed by atoms with Crippen molar-refractivity contribution in [2.45, 2.75) is 187 Å². The van der Waals surface area contributed by atoms with Gasteiger partial charge in [0.05, 0.1) is 39.9 Å². The highest BCUT2D eigenvalue weighted by atomic mass is 31.2. The number of phosphoric acid groups is 1. The van der Waals surface area contributed by atoms with Crippen LogP contribution in [0.25, 0.3) is 0 Å². The summed E-state index contributed by atoms with van der Waals surface area (Å²) in [5.41, 5.74) is 0. The molecule has 0 aliphatic carbocycles. The van der Waals surface area contributed by atoms with Crippen LogP contribution in [0.3, 0.4) is 0 Å². The lowest BCUT2D eigenvalue weighted by molar-refractivity contribution is -0.870. The zero-order valence-corrected chi connectivity index (χ0v) is 35.9. The van der Waals surface area contributed by atoms with Crippen LogP contribution in [0.15, 0.2) is 48.6 Å². The zero-order valence-electron chi connectivity index (χ0n) is 35.0. The van der Waals surface area contributed by atoms with E-state index in [2.05, 4.69) is 67.8 Å². The van der Waals surface area contributed by atoms with E-state index in [1.807, 2.05) is 21.1 Å². The largest absolute Gasteiger partial charge is 0.472 e. The molecule has 0 bridgehead atoms. The fourth-order valence-corrected chi connectivity index (χ4v) is 6.65. The average Bonchev–Trinajstić information content (AvgIpc) is 3.10. The number of amides is 1. The van der Waals surface area contributed by atoms with Gasteiger partial charge in [-0.3, -0.25) is 13.8 Å². The molecule has 0 saturated carbocycles. The summed E-state index contributed by atoms with van der Waals surface area (Å²) >= 11 is 0. The van der Waals surface area contributed by atoms with Gasteiger partial charge < -0.3 is 19.8 Å². The number of hydrogen-bond donors (Lipinski definition) is 3. The maximum atomic E-state index is 12.8. The molecule has 0 heterocycles. The second-order valence-corrected chi connectivity index (χ2v) is 17.1. The van der Waals surface area contributed by atoms with Crippen molar-refractivity contribution in [3.05, 3.63) is 48.6 Å². The average molecular weight is 768 g/mol. The summed E-state index contributed by atoms with van der Waals surface area (Å²) in [6, 6.07) is -0.782. The highest BCUT2D eigenvalue weighted by molar-refractivity contribution is 7.47. The van der Waals surface area contributed by atoms with E-state index in [1.165, 1.54) is 83.5 Å². The lowest BCUT2D eigenvalue weighted by atomic mass is 10.0. The first-order valence-corrected chi connectivity index (χ1v) is 23.0. The van der Waals surface area contributed by atoms with Crippen molar-refractivity contribution in [1.29, 1.82) is 0 Å². The Labute approximate surface area is 327 Å². The summed E-state index contributed by atoms with van der Waals surface area (Å²) in [6.07, 6.45) is 44.2. The molecule has 310 valence electrons. The zero-order chi connectivity index (χ0) is 39.3. The third-order valence-electron chi connectivity index (χ3n) is 9.34. The van der Waals surface area contributed by atoms with Gasteiger partial charge in [-0.05, 0) is 51.4 Å². The fraction of sp³-hybridized carbons (Fsp3) is 0.795. The predicted molar refractivity (Wildman–Crippen MR) is 226 cm³/mol. The summed E-state index contributed by atoms with van der Waals surface area (Å²) < 4.78 is 23.6. The van der Waals surface area contributed by atoms with Crippen LogP contribution in [-0.4, -0.2) is 73.4 Å². The van der Waals surface area contributed by atoms with Gasteiger partial charge in [-0.1, -0.05) is 165 Å². The van der Waals surface area contributed by atoms with Crippen molar-refractivity contribution in [3.8, 4) is 0 Å². The van der Waals surface area contributed by atoms with Crippen molar-refractivity contribution in [2.75, 3.05) is 40.9 Å². The van der Waals surface area contributed by atoms with Gasteiger partial charge in [-0.2, -0.15) is 0 Å². The second-order valence-electron chi connectivity index (χ2n) is 15.7. The summed E-state index contributed by atoms with van der Waals surface area (Å²) in [4.78, 5) is 23.1. The Hall–Kier alpha value is -1.54. The minimum Gasteiger partial charge on any atom is -0.391 e. The molecule has 0 aromatic carbocycles. The van der Waals surface area contributed by atoms with E-state index >= 15 is 0 Å². The first kappa shape index (κ1) is 51.5. The molecule has 1 amide bonds. The van der Waals surface area contributed by atoms with Gasteiger partial charge >= 0.3 is 7.82 Å². The van der Waals surface area contributed by atoms with Crippen LogP contribution in [0.2, 0.25) is 0 Å². The molecule has 0 rings (SSSR count). The summed E-state index contributed by atoms with van der Waals surface area (Å²) in [5, 5.41) is 13.9. The molecule has 0 aliphatic rings. The van der Waals surface area contributed by atoms with E-state index in [4.69, 9.17) is 9.05 Å². The molecular formula is C44H84N2O6P+. The van der Waals surface area contributed by atoms with Crippen LogP contribution in [0.1, 0.15) is 174 Å². The first-order chi connectivity index (χ1) is 25.5. The Morgan fingerprint density at radius 1 is 0.660 bits per heavy atom. The third-order valence-corrected chi connectivity index (χ3v) is 10.3. The molecule has 0 fully saturated rings. The van der Waals surface area contributed by atoms with Crippen LogP contribution in [0.4, 0.5) is 0 Å². The monoisotopic (exact) mass is 768 g/mol. The maximum absolute atomic E-state index is 12.8. The number of nitrogens with zero attached hydrogens (tertiary/aromatic N) is 1. The standard InChI is InChI=1S/C44H83N2O6P/c1-6-8-10-12-14-16-18-20-22-24-25-27-29-31-33-35-37-43(47)42(41-52-53(49,50)51-40-39-46(3,4)5)45-44(48)38-36-34-32-30-28-26-23-21-19-17-15-13-11-9-7-2/h9,11,15,17,21,23,28,30,42-43,47H,6-8,10,12-14,16,18-20,22,24-27,29,31-41H2,1-5H3,(H-,45,48,49,50)/p+1/b11-9-,17-15-,23-21-,30-28-. The molecule has 0 aliphatic heterocycles. The molecule has 0 aromatic heterocycles. The Balaban J connectivity index is 4.47. The molecule has 0 aromatic rings. The second kappa shape index (κ2) is 36.1. The van der Waals surface area contributed by atoms with Gasteiger partial charge in [-0.25, -0.2) is 4.57 Å². The van der Waals surface area contributed by atoms with Crippen molar-refractivity contribution < 1.29 is 32.9 Å². The normalized spacial score (nSPS) is 14.9. The lowest BCUT2D eigenvalue weighted by Crippen LogP contribution is -2.46. The molecule has 9 heteroatoms. The van der Waals surface area contributed by atoms with Crippen molar-refractivity contribution in [2.24, 2.45) is 0 Å². The highest BCUT2D eigenvalue weighted by Gasteiger charge is 2.28. The van der Waals surface area contributed by atoms with Crippen LogP contribution in [-0.2, 0) is 18.4 Å². The number of hydrogen-bond acceptors (Lipinski definition) is 5. The molecule has 53 heavy (non-hydrogen) atoms. The Bertz CT molecular complexity index is 1010. The van der Waals surface area contributed by atoms with Crippen molar-refractivity contribution >= 4 is 13.7 Å². The number of phosphoric ester groups is 1. The van der Waals surface area contributed by atoms with Gasteiger partial charge in [-0.15, -0.1) is 0 Å². The predicted octanol–water partition coefficient (Wildman–Crippen LogP) is 11.7. The minimum atomic E-state index is -4.32. The Kier molecular flexibility index (Phi) is 35.1. The minimum absolute atomic E-state index is 0.0648. The van der Waals surface area contributed by atoms with Gasteiger partial charge in [0.25, 0.3) is 0 Å². The van der Waals surface area contributed by atoms with Crippen LogP contribution >= 0.6 is 7.82 Å². The number of quaternary nitrogens is 1. The highest BCUT2D eigenvalue weighted by Crippen LogP contribution is 2.43. The number of aliphatic hydroxyl groups excluding tert-OH is 1. The van der Waals surface area contributed by atoms with Gasteiger partial charge in [0.1, 0.15) is 13.2 Å². The maximum Gasteiger partial charge on any atom is 0.472 e. The number of carbonyl (C=O) groups excluding carboxylic acids is 1. The number of unbranched alkanes of at least 4 members (excludes halogenated alkanes) is 17. The lowest BCUT2D eigenvalue weighted by Gasteiger charge is -2.26. The summed E-state index contributed by atoms with van der Waals surface area (Å²) in [7, 11) is 1.58. The third kappa shape index (κ3) is 38.5. The van der Waals surface area contributed by atoms with Gasteiger partial charge in [0.15, 0.2) is 0 Å². The quantitative estimate of drug-likeness (QED) is 0.0250. The van der Waals surface area contributed by atoms with Crippen molar-refractivity contribution in [1.82, 2.24) is 5.32 Å². The summed E-state index contributed by atoms with van der Waals surface area (Å²) in [6.45, 7) is 4.73. The van der Waals surface area contributed by atoms with Crippen LogP contribution < -0.4 is 5.32 Å². The molecule has 3 unspecified atom stereocenters. The Morgan fingerprint density at radius 2 is 1.13 bits per heavy atom. The van der Waals surface area contributed by atoms with E-state index in [9.17, 15) is 19.4 Å². The molecule has 3 N–H and O–H groups in total. The molecular weight excluding hydrogens is 683 g/mol. The van der Waals surface area contributed by atoms with Crippen LogP contribution in [0, 0.1) is 0 Å². The van der Waals surface area contributed by atoms with Crippen LogP contribution in [0.5, 0.6) is 0 Å². The first-order valence-electron chi connectivity index (χ1n) is 21.5. The van der Waals surface area contributed by atoms with E-state index in [-0.39, 0.29) is 19.1 Å². The smallest absolute Gasteiger partial charge is 0.391 e. The van der Waals surface area contributed by atoms with Gasteiger partial charge in [0, 0.05) is 6.42 Å². The number of aliphatic hydroxyl groups is 1. The molecule has 3 atom stereocenters. The van der Waals surface area contributed by atoms with Gasteiger partial charge in [0.2, 0.25) is 5.91 Å². The van der Waals surface area contributed by atoms with E-state index < -0.39 is 20.0 Å². The Morgan fingerprint density at radius 3 is 1.62 bits per heavy atom. The molecule has 0 radical (unpaired) electrons. The number of likely N-dealkylation sites (N-methyl/N-ethyl adjacent to an activating group) is 1. The fourth-order valence-electron chi connectivity index (χ4n) is 5.92. The topological polar surface area (TPSA) is 105 Å². The van der Waals surface area contributed by atoms with E-state index in [0.29, 0.717) is 23.9 Å². The number of allylic oxidation sites excluding steroid dienone is 8. The summed E-state index contributed by atoms with van der Waals surface area (Å²) in [5.74, 6) is -0.187. The van der Waals surface area contributed by atoms with Crippen molar-refractivity contribution in [3.63, 3.8) is 0 Å². The van der Waals surface area contributed by atoms with E-state index in [0.717, 1.165) is 64.2 Å². The van der Waals surface area contributed by atoms with E-state index in [1.54, 1.807) is 0 Å². The number of nitrogens with one attached hydrogen (secondary N) is 1. The SMILES string of the molecule is CC/C=C\C/C=C\C/C=C\C/C=C\CCCCC(=O)NC(COP(=O)(O)OCC[N+](C)(C)C)C(O)CCCCCCCCCCCCCCCCCC. The molecule has 0 saturated heterocycles. The number of carbonyl (C=O) groups is 1. The molecule has 8 nitrogen and oxygen atoms in total. The molecule has 0 spiro atoms.